The Morgan fingerprint density at radius 3 is 2.91 bits per heavy atom. The average Bonchev–Trinajstić information content (AvgIpc) is 1.93. The maximum Gasteiger partial charge on any atom is 0.131 e. The van der Waals surface area contributed by atoms with Gasteiger partial charge in [-0.2, -0.15) is 0 Å². The molecule has 1 aliphatic heterocycles. The number of carbonyl (C=O) groups is 1. The van der Waals surface area contributed by atoms with E-state index < -0.39 is 0 Å². The van der Waals surface area contributed by atoms with E-state index >= 15 is 0 Å². The first-order valence-corrected chi connectivity index (χ1v) is 4.43. The third-order valence-corrected chi connectivity index (χ3v) is 2.44. The van der Waals surface area contributed by atoms with Gasteiger partial charge in [-0.15, -0.1) is 0 Å². The number of rotatable bonds is 2. The number of hydrogen-bond acceptors (Lipinski definition) is 2. The summed E-state index contributed by atoms with van der Waals surface area (Å²) in [6.07, 6.45) is 3.24. The summed E-state index contributed by atoms with van der Waals surface area (Å²) >= 11 is 0. The van der Waals surface area contributed by atoms with Crippen LogP contribution in [0.3, 0.4) is 0 Å². The van der Waals surface area contributed by atoms with Gasteiger partial charge in [0.1, 0.15) is 5.78 Å². The van der Waals surface area contributed by atoms with Crippen molar-refractivity contribution in [1.82, 2.24) is 5.32 Å². The summed E-state index contributed by atoms with van der Waals surface area (Å²) in [5, 5.41) is 3.38. The van der Waals surface area contributed by atoms with Crippen LogP contribution in [-0.2, 0) is 4.79 Å². The van der Waals surface area contributed by atoms with Gasteiger partial charge in [0.2, 0.25) is 0 Å². The van der Waals surface area contributed by atoms with Gasteiger partial charge in [-0.05, 0) is 32.2 Å². The van der Waals surface area contributed by atoms with Gasteiger partial charge in [-0.3, -0.25) is 4.79 Å². The van der Waals surface area contributed by atoms with Gasteiger partial charge < -0.3 is 5.32 Å². The van der Waals surface area contributed by atoms with Crippen molar-refractivity contribution in [3.8, 4) is 0 Å². The Balaban J connectivity index is 2.35. The van der Waals surface area contributed by atoms with E-state index in [1.807, 2.05) is 0 Å². The molecule has 2 unspecified atom stereocenters. The van der Waals surface area contributed by atoms with Gasteiger partial charge in [-0.25, -0.2) is 0 Å². The molecule has 2 nitrogen and oxygen atoms in total. The Kier molecular flexibility index (Phi) is 3.06. The summed E-state index contributed by atoms with van der Waals surface area (Å²) in [6.45, 7) is 4.98. The molecule has 1 saturated heterocycles. The molecule has 11 heavy (non-hydrogen) atoms. The van der Waals surface area contributed by atoms with Crippen LogP contribution in [0.5, 0.6) is 0 Å². The fourth-order valence-electron chi connectivity index (χ4n) is 1.70. The van der Waals surface area contributed by atoms with Crippen LogP contribution in [-0.4, -0.2) is 18.4 Å². The van der Waals surface area contributed by atoms with Crippen molar-refractivity contribution in [2.75, 3.05) is 6.54 Å². The molecule has 1 heterocycles. The summed E-state index contributed by atoms with van der Waals surface area (Å²) in [4.78, 5) is 10.8. The Labute approximate surface area is 68.4 Å². The lowest BCUT2D eigenvalue weighted by Gasteiger charge is -2.29. The Bertz CT molecular complexity index is 144. The highest BCUT2D eigenvalue weighted by molar-refractivity contribution is 5.76. The molecule has 1 N–H and O–H groups in total. The van der Waals surface area contributed by atoms with E-state index in [9.17, 15) is 4.79 Å². The number of Topliss-reactive ketones (excluding diaryl/α,β-unsaturated/α-hetero) is 1. The molecule has 1 rings (SSSR count). The summed E-state index contributed by atoms with van der Waals surface area (Å²) in [7, 11) is 0. The van der Waals surface area contributed by atoms with E-state index in [0.717, 1.165) is 6.54 Å². The number of hydrogen-bond donors (Lipinski definition) is 1. The van der Waals surface area contributed by atoms with Crippen molar-refractivity contribution in [3.05, 3.63) is 0 Å². The highest BCUT2D eigenvalue weighted by Gasteiger charge is 2.21. The van der Waals surface area contributed by atoms with Crippen LogP contribution in [0, 0.1) is 5.92 Å². The largest absolute Gasteiger partial charge is 0.313 e. The Morgan fingerprint density at radius 2 is 2.36 bits per heavy atom. The van der Waals surface area contributed by atoms with Gasteiger partial charge in [-0.1, -0.05) is 6.92 Å². The predicted octanol–water partition coefficient (Wildman–Crippen LogP) is 1.35. The molecule has 0 saturated carbocycles. The lowest BCUT2D eigenvalue weighted by Crippen LogP contribution is -2.41. The standard InChI is InChI=1S/C9H17NO/c1-7-4-3-5-10-9(7)6-8(2)11/h7,9-10H,3-6H2,1-2H3. The van der Waals surface area contributed by atoms with E-state index in [0.29, 0.717) is 24.2 Å². The zero-order valence-electron chi connectivity index (χ0n) is 7.39. The molecular formula is C9H17NO. The molecule has 2 heteroatoms. The minimum atomic E-state index is 0.302. The van der Waals surface area contributed by atoms with Crippen LogP contribution >= 0.6 is 0 Å². The highest BCUT2D eigenvalue weighted by atomic mass is 16.1. The second-order valence-corrected chi connectivity index (χ2v) is 3.59. The van der Waals surface area contributed by atoms with E-state index in [1.54, 1.807) is 6.92 Å². The SMILES string of the molecule is CC(=O)CC1NCCCC1C. The lowest BCUT2D eigenvalue weighted by atomic mass is 9.90. The molecule has 0 spiro atoms. The lowest BCUT2D eigenvalue weighted by molar-refractivity contribution is -0.117. The number of nitrogens with one attached hydrogen (secondary N) is 1. The van der Waals surface area contributed by atoms with Gasteiger partial charge in [0.25, 0.3) is 0 Å². The maximum absolute atomic E-state index is 10.8. The van der Waals surface area contributed by atoms with Gasteiger partial charge in [0.05, 0.1) is 0 Å². The molecule has 1 aliphatic rings. The highest BCUT2D eigenvalue weighted by Crippen LogP contribution is 2.17. The second-order valence-electron chi connectivity index (χ2n) is 3.59. The van der Waals surface area contributed by atoms with Crippen LogP contribution in [0.4, 0.5) is 0 Å². The molecule has 2 atom stereocenters. The second kappa shape index (κ2) is 3.86. The molecule has 0 aromatic rings. The third kappa shape index (κ3) is 2.62. The fraction of sp³-hybridized carbons (Fsp3) is 0.889. The van der Waals surface area contributed by atoms with Crippen molar-refractivity contribution in [2.45, 2.75) is 39.2 Å². The molecule has 1 fully saturated rings. The minimum absolute atomic E-state index is 0.302. The molecule has 0 aliphatic carbocycles. The molecule has 0 radical (unpaired) electrons. The first-order valence-electron chi connectivity index (χ1n) is 4.43. The van der Waals surface area contributed by atoms with Crippen molar-refractivity contribution in [3.63, 3.8) is 0 Å². The quantitative estimate of drug-likeness (QED) is 0.652. The topological polar surface area (TPSA) is 29.1 Å². The summed E-state index contributed by atoms with van der Waals surface area (Å²) in [5.74, 6) is 0.976. The van der Waals surface area contributed by atoms with E-state index in [2.05, 4.69) is 12.2 Å². The van der Waals surface area contributed by atoms with Crippen molar-refractivity contribution in [1.29, 1.82) is 0 Å². The smallest absolute Gasteiger partial charge is 0.131 e. The molecule has 0 aromatic carbocycles. The van der Waals surface area contributed by atoms with Crippen LogP contribution < -0.4 is 5.32 Å². The summed E-state index contributed by atoms with van der Waals surface area (Å²) in [6, 6.07) is 0.446. The monoisotopic (exact) mass is 155 g/mol. The zero-order valence-corrected chi connectivity index (χ0v) is 7.39. The maximum atomic E-state index is 10.8. The third-order valence-electron chi connectivity index (χ3n) is 2.44. The average molecular weight is 155 g/mol. The molecule has 64 valence electrons. The predicted molar refractivity (Wildman–Crippen MR) is 45.5 cm³/mol. The van der Waals surface area contributed by atoms with Gasteiger partial charge >= 0.3 is 0 Å². The summed E-state index contributed by atoms with van der Waals surface area (Å²) in [5.41, 5.74) is 0. The van der Waals surface area contributed by atoms with Gasteiger partial charge in [0, 0.05) is 12.5 Å². The van der Waals surface area contributed by atoms with Gasteiger partial charge in [0.15, 0.2) is 0 Å². The van der Waals surface area contributed by atoms with Crippen molar-refractivity contribution >= 4 is 5.78 Å². The number of carbonyl (C=O) groups excluding carboxylic acids is 1. The normalized spacial score (nSPS) is 31.8. The first-order chi connectivity index (χ1) is 5.20. The van der Waals surface area contributed by atoms with Crippen molar-refractivity contribution < 1.29 is 4.79 Å². The number of piperidine rings is 1. The first kappa shape index (κ1) is 8.72. The van der Waals surface area contributed by atoms with Crippen LogP contribution in [0.25, 0.3) is 0 Å². The number of ketones is 1. The van der Waals surface area contributed by atoms with Crippen molar-refractivity contribution in [2.24, 2.45) is 5.92 Å². The zero-order chi connectivity index (χ0) is 8.27. The summed E-state index contributed by atoms with van der Waals surface area (Å²) < 4.78 is 0. The van der Waals surface area contributed by atoms with Crippen LogP contribution in [0.1, 0.15) is 33.1 Å². The van der Waals surface area contributed by atoms with E-state index in [1.165, 1.54) is 12.8 Å². The fourth-order valence-corrected chi connectivity index (χ4v) is 1.70. The Morgan fingerprint density at radius 1 is 1.64 bits per heavy atom. The van der Waals surface area contributed by atoms with E-state index in [-0.39, 0.29) is 0 Å². The molecular weight excluding hydrogens is 138 g/mol. The molecule has 0 amide bonds. The minimum Gasteiger partial charge on any atom is -0.313 e. The van der Waals surface area contributed by atoms with Crippen LogP contribution in [0.2, 0.25) is 0 Å². The van der Waals surface area contributed by atoms with E-state index in [4.69, 9.17) is 0 Å². The molecule has 0 aromatic heterocycles. The Hall–Kier alpha value is -0.370. The molecule has 0 bridgehead atoms. The van der Waals surface area contributed by atoms with Crippen LogP contribution in [0.15, 0.2) is 0 Å².